The fourth-order valence-electron chi connectivity index (χ4n) is 2.29. The third-order valence-corrected chi connectivity index (χ3v) is 3.42. The van der Waals surface area contributed by atoms with Crippen LogP contribution in [0.1, 0.15) is 46.0 Å². The van der Waals surface area contributed by atoms with E-state index in [1.165, 1.54) is 4.90 Å². The van der Waals surface area contributed by atoms with Crippen molar-refractivity contribution in [3.05, 3.63) is 12.2 Å². The molecule has 1 rings (SSSR count). The third-order valence-electron chi connectivity index (χ3n) is 3.42. The Labute approximate surface area is 124 Å². The summed E-state index contributed by atoms with van der Waals surface area (Å²) in [5.74, 6) is -0.874. The second-order valence-corrected chi connectivity index (χ2v) is 5.42. The zero-order chi connectivity index (χ0) is 15.8. The van der Waals surface area contributed by atoms with E-state index in [1.54, 1.807) is 12.2 Å². The third kappa shape index (κ3) is 5.57. The molecule has 6 heteroatoms. The molecule has 0 bridgehead atoms. The normalized spacial score (nSPS) is 19.1. The second kappa shape index (κ2) is 8.44. The molecule has 0 aromatic heterocycles. The fraction of sp³-hybridized carbons (Fsp3) is 0.667. The van der Waals surface area contributed by atoms with Crippen LogP contribution in [0.25, 0.3) is 0 Å². The molecule has 1 unspecified atom stereocenters. The Morgan fingerprint density at radius 1 is 1.33 bits per heavy atom. The first-order valence-corrected chi connectivity index (χ1v) is 7.29. The Balaban J connectivity index is 2.45. The number of carbonyl (C=O) groups excluding carboxylic acids is 2. The molecule has 1 heterocycles. The number of nitrogens with zero attached hydrogens (tertiary/aromatic N) is 1. The molecule has 118 valence electrons. The van der Waals surface area contributed by atoms with Crippen LogP contribution in [0.4, 0.5) is 4.79 Å². The van der Waals surface area contributed by atoms with Crippen LogP contribution in [-0.2, 0) is 14.3 Å². The quantitative estimate of drug-likeness (QED) is 0.730. The number of allylic oxidation sites excluding steroid dienone is 2. The number of hydrogen-bond donors (Lipinski definition) is 1. The van der Waals surface area contributed by atoms with Gasteiger partial charge in [-0.05, 0) is 18.8 Å². The molecule has 2 amide bonds. The lowest BCUT2D eigenvalue weighted by Crippen LogP contribution is -2.51. The summed E-state index contributed by atoms with van der Waals surface area (Å²) in [6.45, 7) is 4.32. The number of carboxylic acid groups (broad SMARTS) is 1. The predicted molar refractivity (Wildman–Crippen MR) is 76.7 cm³/mol. The molecule has 21 heavy (non-hydrogen) atoms. The van der Waals surface area contributed by atoms with E-state index in [0.717, 1.165) is 0 Å². The van der Waals surface area contributed by atoms with Crippen LogP contribution >= 0.6 is 0 Å². The van der Waals surface area contributed by atoms with Gasteiger partial charge in [-0.15, -0.1) is 0 Å². The molecule has 1 saturated heterocycles. The van der Waals surface area contributed by atoms with E-state index in [0.29, 0.717) is 25.9 Å². The van der Waals surface area contributed by atoms with Crippen LogP contribution in [0.3, 0.4) is 0 Å². The highest BCUT2D eigenvalue weighted by atomic mass is 16.6. The zero-order valence-corrected chi connectivity index (χ0v) is 12.6. The van der Waals surface area contributed by atoms with Gasteiger partial charge in [0.25, 0.3) is 0 Å². The first-order chi connectivity index (χ1) is 9.93. The smallest absolute Gasteiger partial charge is 0.416 e. The molecular weight excluding hydrogens is 274 g/mol. The van der Waals surface area contributed by atoms with E-state index in [9.17, 15) is 14.4 Å². The highest BCUT2D eigenvalue weighted by Gasteiger charge is 2.35. The summed E-state index contributed by atoms with van der Waals surface area (Å²) >= 11 is 0. The first-order valence-electron chi connectivity index (χ1n) is 7.29. The molecule has 0 spiro atoms. The van der Waals surface area contributed by atoms with E-state index in [-0.39, 0.29) is 30.7 Å². The van der Waals surface area contributed by atoms with Crippen LogP contribution in [-0.4, -0.2) is 40.6 Å². The van der Waals surface area contributed by atoms with Crippen molar-refractivity contribution in [2.45, 2.75) is 52.0 Å². The van der Waals surface area contributed by atoms with Crippen LogP contribution in [0.15, 0.2) is 12.2 Å². The molecule has 0 aliphatic carbocycles. The van der Waals surface area contributed by atoms with E-state index in [1.807, 2.05) is 13.8 Å². The highest BCUT2D eigenvalue weighted by Crippen LogP contribution is 2.21. The van der Waals surface area contributed by atoms with Gasteiger partial charge in [0.15, 0.2) is 0 Å². The Kier molecular flexibility index (Phi) is 6.91. The van der Waals surface area contributed by atoms with Gasteiger partial charge in [-0.2, -0.15) is 0 Å². The van der Waals surface area contributed by atoms with Crippen molar-refractivity contribution < 1.29 is 24.2 Å². The molecule has 1 aliphatic rings. The first kappa shape index (κ1) is 17.2. The SMILES string of the molecule is CC(C)C1CCOC(=O)N1C(=O)CC/C=C\CCC(=O)O. The van der Waals surface area contributed by atoms with Crippen molar-refractivity contribution in [1.82, 2.24) is 4.90 Å². The van der Waals surface area contributed by atoms with Crippen molar-refractivity contribution >= 4 is 18.0 Å². The standard InChI is InChI=1S/C15H23NO5/c1-11(2)12-9-10-21-15(20)16(12)13(17)7-5-3-4-6-8-14(18)19/h3-4,11-12H,5-10H2,1-2H3,(H,18,19)/b4-3-. The molecule has 1 N–H and O–H groups in total. The van der Waals surface area contributed by atoms with Crippen LogP contribution < -0.4 is 0 Å². The maximum Gasteiger partial charge on any atom is 0.416 e. The average molecular weight is 297 g/mol. The van der Waals surface area contributed by atoms with Crippen molar-refractivity contribution in [2.75, 3.05) is 6.61 Å². The summed E-state index contributed by atoms with van der Waals surface area (Å²) in [4.78, 5) is 35.5. The van der Waals surface area contributed by atoms with E-state index < -0.39 is 12.1 Å². The monoisotopic (exact) mass is 297 g/mol. The minimum absolute atomic E-state index is 0.0817. The minimum atomic E-state index is -0.841. The molecule has 1 fully saturated rings. The van der Waals surface area contributed by atoms with E-state index >= 15 is 0 Å². The van der Waals surface area contributed by atoms with Crippen molar-refractivity contribution in [3.63, 3.8) is 0 Å². The van der Waals surface area contributed by atoms with Gasteiger partial charge in [-0.3, -0.25) is 9.59 Å². The summed E-state index contributed by atoms with van der Waals surface area (Å²) in [6.07, 6.45) is 4.89. The summed E-state index contributed by atoms with van der Waals surface area (Å²) in [5, 5.41) is 8.49. The summed E-state index contributed by atoms with van der Waals surface area (Å²) in [7, 11) is 0. The van der Waals surface area contributed by atoms with Crippen molar-refractivity contribution in [1.29, 1.82) is 0 Å². The second-order valence-electron chi connectivity index (χ2n) is 5.42. The molecular formula is C15H23NO5. The van der Waals surface area contributed by atoms with Crippen molar-refractivity contribution in [2.24, 2.45) is 5.92 Å². The zero-order valence-electron chi connectivity index (χ0n) is 12.6. The van der Waals surface area contributed by atoms with E-state index in [2.05, 4.69) is 0 Å². The molecule has 0 aromatic rings. The Morgan fingerprint density at radius 2 is 1.95 bits per heavy atom. The minimum Gasteiger partial charge on any atom is -0.481 e. The Morgan fingerprint density at radius 3 is 2.52 bits per heavy atom. The number of ether oxygens (including phenoxy) is 1. The van der Waals surface area contributed by atoms with Crippen LogP contribution in [0.5, 0.6) is 0 Å². The van der Waals surface area contributed by atoms with Gasteiger partial charge in [0, 0.05) is 25.3 Å². The lowest BCUT2D eigenvalue weighted by molar-refractivity contribution is -0.137. The summed E-state index contributed by atoms with van der Waals surface area (Å²) in [6, 6.07) is -0.102. The molecule has 0 saturated carbocycles. The number of rotatable bonds is 7. The number of imide groups is 1. The van der Waals surface area contributed by atoms with Gasteiger partial charge in [0.05, 0.1) is 6.61 Å². The summed E-state index contributed by atoms with van der Waals surface area (Å²) in [5.41, 5.74) is 0. The lowest BCUT2D eigenvalue weighted by Gasteiger charge is -2.35. The number of amides is 2. The fourth-order valence-corrected chi connectivity index (χ4v) is 2.29. The molecule has 0 aromatic carbocycles. The highest BCUT2D eigenvalue weighted by molar-refractivity contribution is 5.92. The number of carbonyl (C=O) groups is 3. The summed E-state index contributed by atoms with van der Waals surface area (Å²) < 4.78 is 4.95. The maximum absolute atomic E-state index is 12.2. The van der Waals surface area contributed by atoms with Crippen LogP contribution in [0.2, 0.25) is 0 Å². The average Bonchev–Trinajstić information content (AvgIpc) is 2.41. The predicted octanol–water partition coefficient (Wildman–Crippen LogP) is 2.58. The number of hydrogen-bond acceptors (Lipinski definition) is 4. The number of carboxylic acids is 1. The Bertz CT molecular complexity index is 416. The van der Waals surface area contributed by atoms with E-state index in [4.69, 9.17) is 9.84 Å². The topological polar surface area (TPSA) is 83.9 Å². The number of cyclic esters (lactones) is 1. The molecule has 1 atom stereocenters. The van der Waals surface area contributed by atoms with Gasteiger partial charge < -0.3 is 9.84 Å². The van der Waals surface area contributed by atoms with Gasteiger partial charge in [-0.1, -0.05) is 26.0 Å². The lowest BCUT2D eigenvalue weighted by atomic mass is 9.98. The molecule has 6 nitrogen and oxygen atoms in total. The van der Waals surface area contributed by atoms with Gasteiger partial charge >= 0.3 is 12.1 Å². The molecule has 1 aliphatic heterocycles. The van der Waals surface area contributed by atoms with Gasteiger partial charge in [0.1, 0.15) is 0 Å². The van der Waals surface area contributed by atoms with Gasteiger partial charge in [-0.25, -0.2) is 9.69 Å². The Hall–Kier alpha value is -1.85. The van der Waals surface area contributed by atoms with Crippen LogP contribution in [0, 0.1) is 5.92 Å². The maximum atomic E-state index is 12.2. The van der Waals surface area contributed by atoms with Crippen molar-refractivity contribution in [3.8, 4) is 0 Å². The van der Waals surface area contributed by atoms with Gasteiger partial charge in [0.2, 0.25) is 5.91 Å². The molecule has 0 radical (unpaired) electrons. The number of aliphatic carboxylic acids is 1. The largest absolute Gasteiger partial charge is 0.481 e.